The second-order valence-corrected chi connectivity index (χ2v) is 4.97. The molecule has 1 aliphatic carbocycles. The molecular formula is C14H21N. The van der Waals surface area contributed by atoms with Crippen LogP contribution in [0.25, 0.3) is 0 Å². The van der Waals surface area contributed by atoms with Gasteiger partial charge in [-0.2, -0.15) is 0 Å². The van der Waals surface area contributed by atoms with Gasteiger partial charge in [-0.1, -0.05) is 29.8 Å². The Bertz CT molecular complexity index is 311. The highest BCUT2D eigenvalue weighted by atomic mass is 14.6. The van der Waals surface area contributed by atoms with Gasteiger partial charge in [0, 0.05) is 6.04 Å². The summed E-state index contributed by atoms with van der Waals surface area (Å²) in [4.78, 5) is 0. The Hall–Kier alpha value is -0.820. The molecule has 1 nitrogen and oxygen atoms in total. The van der Waals surface area contributed by atoms with E-state index in [2.05, 4.69) is 31.2 Å². The van der Waals surface area contributed by atoms with E-state index in [1.54, 1.807) is 0 Å². The molecule has 0 aromatic heterocycles. The van der Waals surface area contributed by atoms with Crippen LogP contribution in [-0.2, 0) is 6.42 Å². The fourth-order valence-corrected chi connectivity index (χ4v) is 2.56. The molecule has 0 unspecified atom stereocenters. The van der Waals surface area contributed by atoms with Crippen molar-refractivity contribution in [1.29, 1.82) is 0 Å². The molecule has 0 radical (unpaired) electrons. The summed E-state index contributed by atoms with van der Waals surface area (Å²) < 4.78 is 0. The molecule has 0 spiro atoms. The summed E-state index contributed by atoms with van der Waals surface area (Å²) in [5, 5.41) is 0. The molecule has 0 atom stereocenters. The highest BCUT2D eigenvalue weighted by Gasteiger charge is 2.18. The van der Waals surface area contributed by atoms with Crippen molar-refractivity contribution >= 4 is 0 Å². The minimum absolute atomic E-state index is 0.471. The van der Waals surface area contributed by atoms with Crippen LogP contribution in [0, 0.1) is 12.8 Å². The van der Waals surface area contributed by atoms with Gasteiger partial charge in [0.25, 0.3) is 0 Å². The van der Waals surface area contributed by atoms with Crippen LogP contribution in [0.15, 0.2) is 24.3 Å². The summed E-state index contributed by atoms with van der Waals surface area (Å²) in [6.07, 6.45) is 6.31. The third kappa shape index (κ3) is 3.07. The number of hydrogen-bond acceptors (Lipinski definition) is 1. The predicted molar refractivity (Wildman–Crippen MR) is 64.8 cm³/mol. The van der Waals surface area contributed by atoms with Crippen LogP contribution in [0.2, 0.25) is 0 Å². The molecule has 1 fully saturated rings. The third-order valence-corrected chi connectivity index (χ3v) is 3.50. The van der Waals surface area contributed by atoms with Gasteiger partial charge in [-0.05, 0) is 50.5 Å². The van der Waals surface area contributed by atoms with Crippen molar-refractivity contribution in [2.75, 3.05) is 0 Å². The SMILES string of the molecule is Cc1cccc(CC2CCC(N)CC2)c1. The van der Waals surface area contributed by atoms with E-state index in [0.717, 1.165) is 5.92 Å². The van der Waals surface area contributed by atoms with Crippen LogP contribution in [0.5, 0.6) is 0 Å². The van der Waals surface area contributed by atoms with Gasteiger partial charge in [0.15, 0.2) is 0 Å². The fourth-order valence-electron chi connectivity index (χ4n) is 2.56. The molecule has 82 valence electrons. The first-order valence-electron chi connectivity index (χ1n) is 6.05. The van der Waals surface area contributed by atoms with Crippen LogP contribution in [0.4, 0.5) is 0 Å². The van der Waals surface area contributed by atoms with Crippen LogP contribution in [-0.4, -0.2) is 6.04 Å². The maximum Gasteiger partial charge on any atom is 0.00390 e. The quantitative estimate of drug-likeness (QED) is 0.785. The van der Waals surface area contributed by atoms with Gasteiger partial charge in [0.05, 0.1) is 0 Å². The molecule has 0 bridgehead atoms. The normalized spacial score (nSPS) is 26.5. The molecule has 0 aliphatic heterocycles. The average molecular weight is 203 g/mol. The summed E-state index contributed by atoms with van der Waals surface area (Å²) in [6.45, 7) is 2.17. The summed E-state index contributed by atoms with van der Waals surface area (Å²) in [7, 11) is 0. The zero-order valence-electron chi connectivity index (χ0n) is 9.58. The number of hydrogen-bond donors (Lipinski definition) is 1. The van der Waals surface area contributed by atoms with Crippen LogP contribution >= 0.6 is 0 Å². The monoisotopic (exact) mass is 203 g/mol. The first-order valence-corrected chi connectivity index (χ1v) is 6.05. The molecule has 0 saturated heterocycles. The lowest BCUT2D eigenvalue weighted by Gasteiger charge is -2.26. The van der Waals surface area contributed by atoms with Crippen molar-refractivity contribution < 1.29 is 0 Å². The van der Waals surface area contributed by atoms with E-state index in [9.17, 15) is 0 Å². The zero-order chi connectivity index (χ0) is 10.7. The number of nitrogens with two attached hydrogens (primary N) is 1. The van der Waals surface area contributed by atoms with Gasteiger partial charge in [0.2, 0.25) is 0 Å². The Morgan fingerprint density at radius 1 is 1.20 bits per heavy atom. The number of benzene rings is 1. The topological polar surface area (TPSA) is 26.0 Å². The molecule has 15 heavy (non-hydrogen) atoms. The molecule has 1 saturated carbocycles. The summed E-state index contributed by atoms with van der Waals surface area (Å²) >= 11 is 0. The van der Waals surface area contributed by atoms with Crippen LogP contribution < -0.4 is 5.73 Å². The zero-order valence-corrected chi connectivity index (χ0v) is 9.58. The van der Waals surface area contributed by atoms with Crippen molar-refractivity contribution in [1.82, 2.24) is 0 Å². The van der Waals surface area contributed by atoms with E-state index in [1.807, 2.05) is 0 Å². The van der Waals surface area contributed by atoms with Gasteiger partial charge in [0.1, 0.15) is 0 Å². The Balaban J connectivity index is 1.92. The van der Waals surface area contributed by atoms with E-state index < -0.39 is 0 Å². The molecule has 1 heteroatoms. The predicted octanol–water partition coefficient (Wildman–Crippen LogP) is 3.06. The smallest absolute Gasteiger partial charge is 0.00390 e. The maximum atomic E-state index is 5.91. The number of aryl methyl sites for hydroxylation is 1. The molecule has 1 aromatic carbocycles. The van der Waals surface area contributed by atoms with Gasteiger partial charge < -0.3 is 5.73 Å². The van der Waals surface area contributed by atoms with Gasteiger partial charge in [-0.25, -0.2) is 0 Å². The van der Waals surface area contributed by atoms with Crippen molar-refractivity contribution in [2.24, 2.45) is 11.7 Å². The molecule has 2 rings (SSSR count). The van der Waals surface area contributed by atoms with Crippen molar-refractivity contribution in [3.63, 3.8) is 0 Å². The summed E-state index contributed by atoms with van der Waals surface area (Å²) in [5.74, 6) is 0.867. The Labute approximate surface area is 92.7 Å². The maximum absolute atomic E-state index is 5.91. The van der Waals surface area contributed by atoms with Gasteiger partial charge >= 0.3 is 0 Å². The van der Waals surface area contributed by atoms with E-state index in [-0.39, 0.29) is 0 Å². The lowest BCUT2D eigenvalue weighted by atomic mass is 9.82. The molecule has 1 aliphatic rings. The van der Waals surface area contributed by atoms with E-state index in [0.29, 0.717) is 6.04 Å². The minimum Gasteiger partial charge on any atom is -0.328 e. The standard InChI is InChI=1S/C14H21N/c1-11-3-2-4-13(9-11)10-12-5-7-14(15)8-6-12/h2-4,9,12,14H,5-8,10,15H2,1H3. The Kier molecular flexibility index (Phi) is 3.42. The Morgan fingerprint density at radius 3 is 2.60 bits per heavy atom. The molecule has 0 amide bonds. The third-order valence-electron chi connectivity index (χ3n) is 3.50. The first kappa shape index (κ1) is 10.7. The molecule has 0 heterocycles. The average Bonchev–Trinajstić information content (AvgIpc) is 2.22. The largest absolute Gasteiger partial charge is 0.328 e. The van der Waals surface area contributed by atoms with Gasteiger partial charge in [-0.3, -0.25) is 0 Å². The minimum atomic E-state index is 0.471. The molecule has 2 N–H and O–H groups in total. The highest BCUT2D eigenvalue weighted by molar-refractivity contribution is 5.22. The van der Waals surface area contributed by atoms with Crippen LogP contribution in [0.1, 0.15) is 36.8 Å². The first-order chi connectivity index (χ1) is 7.24. The van der Waals surface area contributed by atoms with Gasteiger partial charge in [-0.15, -0.1) is 0 Å². The highest BCUT2D eigenvalue weighted by Crippen LogP contribution is 2.26. The second-order valence-electron chi connectivity index (χ2n) is 4.97. The number of rotatable bonds is 2. The second kappa shape index (κ2) is 4.80. The molecular weight excluding hydrogens is 182 g/mol. The van der Waals surface area contributed by atoms with Crippen molar-refractivity contribution in [3.05, 3.63) is 35.4 Å². The van der Waals surface area contributed by atoms with Crippen molar-refractivity contribution in [3.8, 4) is 0 Å². The van der Waals surface area contributed by atoms with E-state index in [4.69, 9.17) is 5.73 Å². The van der Waals surface area contributed by atoms with E-state index >= 15 is 0 Å². The van der Waals surface area contributed by atoms with Crippen molar-refractivity contribution in [2.45, 2.75) is 45.1 Å². The summed E-state index contributed by atoms with van der Waals surface area (Å²) in [5.41, 5.74) is 8.79. The molecule has 1 aromatic rings. The van der Waals surface area contributed by atoms with Crippen LogP contribution in [0.3, 0.4) is 0 Å². The fraction of sp³-hybridized carbons (Fsp3) is 0.571. The summed E-state index contributed by atoms with van der Waals surface area (Å²) in [6, 6.07) is 9.37. The Morgan fingerprint density at radius 2 is 1.93 bits per heavy atom. The van der Waals surface area contributed by atoms with E-state index in [1.165, 1.54) is 43.2 Å². The lowest BCUT2D eigenvalue weighted by Crippen LogP contribution is -2.27. The lowest BCUT2D eigenvalue weighted by molar-refractivity contribution is 0.325.